The van der Waals surface area contributed by atoms with Crippen molar-refractivity contribution < 1.29 is 8.42 Å². The minimum absolute atomic E-state index is 0.0634. The third-order valence-electron chi connectivity index (χ3n) is 8.26. The molecule has 0 radical (unpaired) electrons. The predicted octanol–water partition coefficient (Wildman–Crippen LogP) is 4.17. The van der Waals surface area contributed by atoms with Crippen LogP contribution in [-0.2, 0) is 22.9 Å². The van der Waals surface area contributed by atoms with Gasteiger partial charge in [-0.25, -0.2) is 18.4 Å². The van der Waals surface area contributed by atoms with Crippen LogP contribution in [0.15, 0.2) is 42.7 Å². The van der Waals surface area contributed by atoms with E-state index in [0.29, 0.717) is 12.5 Å². The first-order valence-electron chi connectivity index (χ1n) is 13.3. The van der Waals surface area contributed by atoms with E-state index < -0.39 is 10.0 Å². The van der Waals surface area contributed by atoms with Gasteiger partial charge in [0.2, 0.25) is 16.0 Å². The minimum atomic E-state index is -3.15. The number of aryl methyl sites for hydroxylation is 3. The standard InChI is InChI=1S/C28H31N7O2S/c1-17-11-19(7-8-26(17)34-15-21-13-20(34)16-35(21)38(2,36)37)31-28-29-10-9-23(33-28)18-12-25-27(30-14-18)22-5-3-4-6-24(22)32-25/h7-12,14,20-21,32H,3-6,13,15-16H2,1-2H3,(H,29,31,33)/t20-,21-/m0/s1. The zero-order valence-electron chi connectivity index (χ0n) is 21.6. The van der Waals surface area contributed by atoms with E-state index in [1.807, 2.05) is 18.3 Å². The van der Waals surface area contributed by atoms with Crippen LogP contribution in [-0.4, -0.2) is 64.1 Å². The van der Waals surface area contributed by atoms with Gasteiger partial charge in [0.1, 0.15) is 0 Å². The number of H-pyrrole nitrogens is 1. The van der Waals surface area contributed by atoms with Crippen LogP contribution in [0.5, 0.6) is 0 Å². The van der Waals surface area contributed by atoms with Gasteiger partial charge >= 0.3 is 0 Å². The first kappa shape index (κ1) is 23.6. The molecule has 196 valence electrons. The van der Waals surface area contributed by atoms with Gasteiger partial charge in [0, 0.05) is 60.2 Å². The molecule has 2 aliphatic heterocycles. The quantitative estimate of drug-likeness (QED) is 0.400. The number of nitrogens with zero attached hydrogens (tertiary/aromatic N) is 5. The number of aromatic nitrogens is 4. The summed E-state index contributed by atoms with van der Waals surface area (Å²) in [6.45, 7) is 3.39. The van der Waals surface area contributed by atoms with Crippen LogP contribution in [0.2, 0.25) is 0 Å². The second-order valence-corrected chi connectivity index (χ2v) is 12.8. The van der Waals surface area contributed by atoms with Crippen molar-refractivity contribution in [3.8, 4) is 11.3 Å². The van der Waals surface area contributed by atoms with E-state index in [-0.39, 0.29) is 12.1 Å². The minimum Gasteiger partial charge on any atom is -0.365 e. The maximum atomic E-state index is 12.0. The van der Waals surface area contributed by atoms with E-state index in [4.69, 9.17) is 9.97 Å². The fraction of sp³-hybridized carbons (Fsp3) is 0.393. The van der Waals surface area contributed by atoms with E-state index in [1.54, 1.807) is 10.5 Å². The number of pyridine rings is 1. The van der Waals surface area contributed by atoms with Crippen LogP contribution in [0.4, 0.5) is 17.3 Å². The second kappa shape index (κ2) is 8.78. The van der Waals surface area contributed by atoms with E-state index >= 15 is 0 Å². The summed E-state index contributed by atoms with van der Waals surface area (Å²) in [5.41, 5.74) is 9.84. The average molecular weight is 530 g/mol. The molecule has 2 N–H and O–H groups in total. The number of piperazine rings is 1. The molecule has 38 heavy (non-hydrogen) atoms. The van der Waals surface area contributed by atoms with Crippen molar-refractivity contribution in [2.75, 3.05) is 29.6 Å². The third kappa shape index (κ3) is 4.03. The van der Waals surface area contributed by atoms with Gasteiger partial charge in [-0.15, -0.1) is 0 Å². The molecule has 0 amide bonds. The molecule has 10 heteroatoms. The highest BCUT2D eigenvalue weighted by molar-refractivity contribution is 7.88. The van der Waals surface area contributed by atoms with Crippen molar-refractivity contribution in [1.29, 1.82) is 0 Å². The van der Waals surface area contributed by atoms with E-state index in [1.165, 1.54) is 30.4 Å². The van der Waals surface area contributed by atoms with Gasteiger partial charge in [-0.3, -0.25) is 4.98 Å². The number of sulfonamides is 1. The lowest BCUT2D eigenvalue weighted by Gasteiger charge is -2.35. The highest BCUT2D eigenvalue weighted by Gasteiger charge is 2.47. The highest BCUT2D eigenvalue weighted by Crippen LogP contribution is 2.38. The molecule has 7 rings (SSSR count). The summed E-state index contributed by atoms with van der Waals surface area (Å²) in [6, 6.07) is 10.6. The van der Waals surface area contributed by atoms with Crippen LogP contribution >= 0.6 is 0 Å². The van der Waals surface area contributed by atoms with Gasteiger partial charge in [-0.05, 0) is 80.5 Å². The molecule has 5 heterocycles. The summed E-state index contributed by atoms with van der Waals surface area (Å²) in [5.74, 6) is 0.532. The lowest BCUT2D eigenvalue weighted by atomic mass is 9.97. The lowest BCUT2D eigenvalue weighted by molar-refractivity contribution is 0.371. The molecule has 0 spiro atoms. The number of rotatable bonds is 5. The van der Waals surface area contributed by atoms with Crippen molar-refractivity contribution in [1.82, 2.24) is 24.2 Å². The number of nitrogens with one attached hydrogen (secondary N) is 2. The van der Waals surface area contributed by atoms with Crippen LogP contribution in [0.3, 0.4) is 0 Å². The normalized spacial score (nSPS) is 21.3. The largest absolute Gasteiger partial charge is 0.365 e. The Bertz CT molecular complexity index is 1670. The molecule has 9 nitrogen and oxygen atoms in total. The van der Waals surface area contributed by atoms with Gasteiger partial charge in [0.15, 0.2) is 0 Å². The molecule has 2 saturated heterocycles. The summed E-state index contributed by atoms with van der Waals surface area (Å²) in [5, 5.41) is 3.35. The number of benzene rings is 1. The molecule has 4 aromatic rings. The van der Waals surface area contributed by atoms with Crippen LogP contribution in [0.25, 0.3) is 22.3 Å². The number of hydrogen-bond acceptors (Lipinski definition) is 7. The predicted molar refractivity (Wildman–Crippen MR) is 149 cm³/mol. The van der Waals surface area contributed by atoms with Crippen molar-refractivity contribution in [2.45, 2.75) is 51.1 Å². The molecule has 0 saturated carbocycles. The number of fused-ring (bicyclic) bond motifs is 5. The lowest BCUT2D eigenvalue weighted by Crippen LogP contribution is -2.48. The maximum absolute atomic E-state index is 12.0. The first-order valence-corrected chi connectivity index (χ1v) is 15.1. The second-order valence-electron chi connectivity index (χ2n) is 10.8. The van der Waals surface area contributed by atoms with Gasteiger partial charge in [0.05, 0.1) is 23.0 Å². The Morgan fingerprint density at radius 1 is 1.05 bits per heavy atom. The van der Waals surface area contributed by atoms with Crippen LogP contribution in [0, 0.1) is 6.92 Å². The summed E-state index contributed by atoms with van der Waals surface area (Å²) in [6.07, 6.45) is 10.5. The SMILES string of the molecule is Cc1cc(Nc2nccc(-c3cnc4c5c([nH]c4c3)CCCC5)n2)ccc1N1C[C@@H]2C[C@H]1CN2S(C)(=O)=O. The average Bonchev–Trinajstić information content (AvgIpc) is 3.61. The first-order chi connectivity index (χ1) is 18.3. The molecule has 0 unspecified atom stereocenters. The van der Waals surface area contributed by atoms with E-state index in [9.17, 15) is 8.42 Å². The van der Waals surface area contributed by atoms with Crippen LogP contribution < -0.4 is 10.2 Å². The van der Waals surface area contributed by atoms with Gasteiger partial charge < -0.3 is 15.2 Å². The summed E-state index contributed by atoms with van der Waals surface area (Å²) in [7, 11) is -3.15. The van der Waals surface area contributed by atoms with Crippen molar-refractivity contribution in [3.05, 3.63) is 59.5 Å². The summed E-state index contributed by atoms with van der Waals surface area (Å²) in [4.78, 5) is 19.9. The van der Waals surface area contributed by atoms with Gasteiger partial charge in [0.25, 0.3) is 0 Å². The van der Waals surface area contributed by atoms with E-state index in [2.05, 4.69) is 45.3 Å². The Balaban J connectivity index is 1.10. The molecule has 2 fully saturated rings. The Morgan fingerprint density at radius 3 is 2.71 bits per heavy atom. The van der Waals surface area contributed by atoms with E-state index in [0.717, 1.165) is 65.0 Å². The Morgan fingerprint density at radius 2 is 1.92 bits per heavy atom. The molecule has 2 bridgehead atoms. The Hall–Kier alpha value is -3.50. The molecular weight excluding hydrogens is 498 g/mol. The molecular formula is C28H31N7O2S. The van der Waals surface area contributed by atoms with Gasteiger partial charge in [-0.2, -0.15) is 4.31 Å². The zero-order chi connectivity index (χ0) is 26.0. The van der Waals surface area contributed by atoms with Gasteiger partial charge in [-0.1, -0.05) is 0 Å². The van der Waals surface area contributed by atoms with Crippen molar-refractivity contribution >= 4 is 38.4 Å². The number of aromatic amines is 1. The van der Waals surface area contributed by atoms with Crippen molar-refractivity contribution in [3.63, 3.8) is 0 Å². The fourth-order valence-electron chi connectivity index (χ4n) is 6.50. The maximum Gasteiger partial charge on any atom is 0.227 e. The highest BCUT2D eigenvalue weighted by atomic mass is 32.2. The van der Waals surface area contributed by atoms with Crippen LogP contribution in [0.1, 0.15) is 36.1 Å². The molecule has 3 aliphatic rings. The monoisotopic (exact) mass is 529 g/mol. The molecule has 3 aromatic heterocycles. The topological polar surface area (TPSA) is 107 Å². The Kier molecular flexibility index (Phi) is 5.45. The smallest absolute Gasteiger partial charge is 0.227 e. The third-order valence-corrected chi connectivity index (χ3v) is 9.56. The summed E-state index contributed by atoms with van der Waals surface area (Å²) >= 11 is 0. The Labute approximate surface area is 222 Å². The number of anilines is 3. The zero-order valence-corrected chi connectivity index (χ0v) is 22.4. The molecule has 2 atom stereocenters. The molecule has 1 aromatic carbocycles. The summed E-state index contributed by atoms with van der Waals surface area (Å²) < 4.78 is 25.8. The van der Waals surface area contributed by atoms with Crippen molar-refractivity contribution in [2.24, 2.45) is 0 Å². The number of hydrogen-bond donors (Lipinski definition) is 2. The molecule has 1 aliphatic carbocycles. The fourth-order valence-corrected chi connectivity index (χ4v) is 7.64.